The van der Waals surface area contributed by atoms with E-state index in [1.165, 1.54) is 32.1 Å². The summed E-state index contributed by atoms with van der Waals surface area (Å²) in [6.07, 6.45) is 8.70. The molecule has 3 saturated carbocycles. The predicted octanol–water partition coefficient (Wildman–Crippen LogP) is 3.36. The Morgan fingerprint density at radius 1 is 1.29 bits per heavy atom. The van der Waals surface area contributed by atoms with Crippen molar-refractivity contribution in [2.75, 3.05) is 0 Å². The van der Waals surface area contributed by atoms with Gasteiger partial charge in [0, 0.05) is 0 Å². The van der Waals surface area contributed by atoms with E-state index < -0.39 is 0 Å². The highest BCUT2D eigenvalue weighted by molar-refractivity contribution is 4.97. The van der Waals surface area contributed by atoms with E-state index in [-0.39, 0.29) is 5.60 Å². The molecule has 0 radical (unpaired) electrons. The molecule has 0 amide bonds. The first-order valence-corrected chi connectivity index (χ1v) is 6.36. The molecule has 0 aliphatic heterocycles. The lowest BCUT2D eigenvalue weighted by molar-refractivity contribution is -0.110. The highest BCUT2D eigenvalue weighted by atomic mass is 16.3. The van der Waals surface area contributed by atoms with Crippen LogP contribution >= 0.6 is 0 Å². The van der Waals surface area contributed by atoms with E-state index in [9.17, 15) is 5.11 Å². The van der Waals surface area contributed by atoms with Gasteiger partial charge in [-0.2, -0.15) is 0 Å². The summed E-state index contributed by atoms with van der Waals surface area (Å²) in [6.45, 7) is 4.51. The molecule has 3 fully saturated rings. The van der Waals surface area contributed by atoms with E-state index in [0.29, 0.717) is 11.8 Å². The predicted molar refractivity (Wildman–Crippen MR) is 59.1 cm³/mol. The summed E-state index contributed by atoms with van der Waals surface area (Å²) in [6, 6.07) is 0. The van der Waals surface area contributed by atoms with Gasteiger partial charge in [0.15, 0.2) is 0 Å². The Morgan fingerprint density at radius 3 is 2.36 bits per heavy atom. The van der Waals surface area contributed by atoms with Gasteiger partial charge in [-0.3, -0.25) is 0 Å². The molecular formula is C13H24O. The van der Waals surface area contributed by atoms with Crippen molar-refractivity contribution in [1.29, 1.82) is 0 Å². The van der Waals surface area contributed by atoms with E-state index in [0.717, 1.165) is 18.8 Å². The molecule has 2 atom stereocenters. The second-order valence-electron chi connectivity index (χ2n) is 5.74. The van der Waals surface area contributed by atoms with Crippen LogP contribution in [-0.4, -0.2) is 10.7 Å². The number of fused-ring (bicyclic) bond motifs is 3. The van der Waals surface area contributed by atoms with Gasteiger partial charge in [0.05, 0.1) is 5.60 Å². The van der Waals surface area contributed by atoms with Gasteiger partial charge in [0.25, 0.3) is 0 Å². The average Bonchev–Trinajstić information content (AvgIpc) is 2.18. The van der Waals surface area contributed by atoms with Gasteiger partial charge in [0.1, 0.15) is 0 Å². The van der Waals surface area contributed by atoms with Crippen molar-refractivity contribution < 1.29 is 5.11 Å². The monoisotopic (exact) mass is 196 g/mol. The summed E-state index contributed by atoms with van der Waals surface area (Å²) in [4.78, 5) is 0. The van der Waals surface area contributed by atoms with Crippen LogP contribution in [0.2, 0.25) is 0 Å². The second-order valence-corrected chi connectivity index (χ2v) is 5.74. The molecule has 2 bridgehead atoms. The first-order chi connectivity index (χ1) is 6.64. The van der Waals surface area contributed by atoms with Crippen LogP contribution in [0.15, 0.2) is 0 Å². The second kappa shape index (κ2) is 3.84. The molecule has 3 aliphatic rings. The normalized spacial score (nSPS) is 43.9. The smallest absolute Gasteiger partial charge is 0.0681 e. The van der Waals surface area contributed by atoms with Crippen LogP contribution in [0.4, 0.5) is 0 Å². The molecule has 0 spiro atoms. The van der Waals surface area contributed by atoms with Gasteiger partial charge in [-0.1, -0.05) is 20.3 Å². The summed E-state index contributed by atoms with van der Waals surface area (Å²) >= 11 is 0. The topological polar surface area (TPSA) is 20.2 Å². The third-order valence-electron chi connectivity index (χ3n) is 4.65. The Labute approximate surface area is 87.9 Å². The lowest BCUT2D eigenvalue weighted by Gasteiger charge is -2.49. The van der Waals surface area contributed by atoms with E-state index in [1.54, 1.807) is 0 Å². The Balaban J connectivity index is 2.00. The van der Waals surface area contributed by atoms with Crippen molar-refractivity contribution in [2.24, 2.45) is 17.8 Å². The molecule has 1 heteroatoms. The fourth-order valence-corrected chi connectivity index (χ4v) is 3.57. The zero-order chi connectivity index (χ0) is 10.2. The molecule has 2 unspecified atom stereocenters. The Hall–Kier alpha value is -0.0400. The third-order valence-corrected chi connectivity index (χ3v) is 4.65. The zero-order valence-corrected chi connectivity index (χ0v) is 9.63. The van der Waals surface area contributed by atoms with Crippen LogP contribution in [0.1, 0.15) is 58.8 Å². The maximum atomic E-state index is 10.7. The van der Waals surface area contributed by atoms with Crippen LogP contribution < -0.4 is 0 Å². The van der Waals surface area contributed by atoms with Crippen molar-refractivity contribution >= 4 is 0 Å². The highest BCUT2D eigenvalue weighted by Gasteiger charge is 2.46. The third kappa shape index (κ3) is 1.84. The van der Waals surface area contributed by atoms with Crippen molar-refractivity contribution in [3.63, 3.8) is 0 Å². The summed E-state index contributed by atoms with van der Waals surface area (Å²) < 4.78 is 0. The van der Waals surface area contributed by atoms with Gasteiger partial charge < -0.3 is 5.11 Å². The fourth-order valence-electron chi connectivity index (χ4n) is 3.57. The molecule has 14 heavy (non-hydrogen) atoms. The standard InChI is InChI=1S/C13H24O/c1-3-10(2)8-13(14)9-11-4-6-12(13)7-5-11/h10-12,14H,3-9H2,1-2H3. The minimum atomic E-state index is -0.281. The molecule has 0 aromatic heterocycles. The Morgan fingerprint density at radius 2 is 1.93 bits per heavy atom. The zero-order valence-electron chi connectivity index (χ0n) is 9.63. The van der Waals surface area contributed by atoms with Crippen LogP contribution in [0.5, 0.6) is 0 Å². The maximum absolute atomic E-state index is 10.7. The Kier molecular flexibility index (Phi) is 2.88. The van der Waals surface area contributed by atoms with Crippen molar-refractivity contribution in [2.45, 2.75) is 64.4 Å². The van der Waals surface area contributed by atoms with E-state index in [2.05, 4.69) is 13.8 Å². The quantitative estimate of drug-likeness (QED) is 0.734. The molecule has 0 aromatic rings. The summed E-state index contributed by atoms with van der Waals surface area (Å²) in [5.74, 6) is 2.16. The van der Waals surface area contributed by atoms with Gasteiger partial charge in [-0.05, 0) is 56.3 Å². The minimum absolute atomic E-state index is 0.281. The molecule has 3 rings (SSSR count). The minimum Gasteiger partial charge on any atom is -0.390 e. The summed E-state index contributed by atoms with van der Waals surface area (Å²) in [7, 11) is 0. The number of aliphatic hydroxyl groups is 1. The average molecular weight is 196 g/mol. The van der Waals surface area contributed by atoms with Gasteiger partial charge in [0.2, 0.25) is 0 Å². The number of hydrogen-bond donors (Lipinski definition) is 1. The molecule has 0 saturated heterocycles. The van der Waals surface area contributed by atoms with E-state index in [1.807, 2.05) is 0 Å². The lowest BCUT2D eigenvalue weighted by atomic mass is 9.60. The van der Waals surface area contributed by atoms with Gasteiger partial charge >= 0.3 is 0 Å². The SMILES string of the molecule is CCC(C)CC1(O)CC2CCC1CC2. The van der Waals surface area contributed by atoms with Crippen LogP contribution in [-0.2, 0) is 0 Å². The molecule has 82 valence electrons. The fraction of sp³-hybridized carbons (Fsp3) is 1.00. The summed E-state index contributed by atoms with van der Waals surface area (Å²) in [5, 5.41) is 10.7. The largest absolute Gasteiger partial charge is 0.390 e. The summed E-state index contributed by atoms with van der Waals surface area (Å²) in [5.41, 5.74) is -0.281. The maximum Gasteiger partial charge on any atom is 0.0681 e. The first kappa shape index (κ1) is 10.5. The van der Waals surface area contributed by atoms with Crippen molar-refractivity contribution in [3.8, 4) is 0 Å². The molecule has 3 aliphatic carbocycles. The van der Waals surface area contributed by atoms with Crippen LogP contribution in [0.25, 0.3) is 0 Å². The molecule has 0 aromatic carbocycles. The Bertz CT molecular complexity index is 193. The van der Waals surface area contributed by atoms with Crippen molar-refractivity contribution in [1.82, 2.24) is 0 Å². The number of rotatable bonds is 3. The van der Waals surface area contributed by atoms with Crippen molar-refractivity contribution in [3.05, 3.63) is 0 Å². The van der Waals surface area contributed by atoms with Crippen LogP contribution in [0.3, 0.4) is 0 Å². The van der Waals surface area contributed by atoms with Gasteiger partial charge in [-0.25, -0.2) is 0 Å². The molecular weight excluding hydrogens is 172 g/mol. The lowest BCUT2D eigenvalue weighted by Crippen LogP contribution is -2.48. The molecule has 1 nitrogen and oxygen atoms in total. The highest BCUT2D eigenvalue weighted by Crippen LogP contribution is 2.49. The molecule has 0 heterocycles. The molecule has 1 N–H and O–H groups in total. The van der Waals surface area contributed by atoms with Crippen LogP contribution in [0, 0.1) is 17.8 Å². The van der Waals surface area contributed by atoms with E-state index in [4.69, 9.17) is 0 Å². The van der Waals surface area contributed by atoms with E-state index >= 15 is 0 Å². The number of hydrogen-bond acceptors (Lipinski definition) is 1. The van der Waals surface area contributed by atoms with Gasteiger partial charge in [-0.15, -0.1) is 0 Å². The first-order valence-electron chi connectivity index (χ1n) is 6.36.